The summed E-state index contributed by atoms with van der Waals surface area (Å²) in [6, 6.07) is 7.16. The fourth-order valence-corrected chi connectivity index (χ4v) is 5.60. The molecule has 1 heterocycles. The molecule has 0 radical (unpaired) electrons. The lowest BCUT2D eigenvalue weighted by molar-refractivity contribution is 0.203. The highest BCUT2D eigenvalue weighted by atomic mass is 32.2. The van der Waals surface area contributed by atoms with E-state index < -0.39 is 10.0 Å². The van der Waals surface area contributed by atoms with E-state index in [1.807, 2.05) is 12.1 Å². The number of hydrogen-bond donors (Lipinski definition) is 1. The number of likely N-dealkylation sites (tertiary alicyclic amines) is 1. The molecule has 0 aromatic heterocycles. The summed E-state index contributed by atoms with van der Waals surface area (Å²) in [5.74, 6) is 0.905. The Balaban J connectivity index is 1.79. The van der Waals surface area contributed by atoms with Gasteiger partial charge in [0, 0.05) is 33.7 Å². The summed E-state index contributed by atoms with van der Waals surface area (Å²) in [4.78, 5) is 7.54. The molecule has 0 atom stereocenters. The molecule has 156 valence electrons. The summed E-state index contributed by atoms with van der Waals surface area (Å²) >= 11 is 0. The van der Waals surface area contributed by atoms with Gasteiger partial charge in [0.15, 0.2) is 5.96 Å². The van der Waals surface area contributed by atoms with Crippen molar-refractivity contribution in [1.29, 1.82) is 0 Å². The van der Waals surface area contributed by atoms with Crippen LogP contribution in [0, 0.1) is 5.41 Å². The molecule has 7 heteroatoms. The van der Waals surface area contributed by atoms with Crippen LogP contribution in [0.25, 0.3) is 0 Å². The van der Waals surface area contributed by atoms with Crippen molar-refractivity contribution in [2.45, 2.75) is 56.9 Å². The highest BCUT2D eigenvalue weighted by Crippen LogP contribution is 2.43. The second-order valence-electron chi connectivity index (χ2n) is 8.30. The molecule has 6 nitrogen and oxygen atoms in total. The van der Waals surface area contributed by atoms with Crippen molar-refractivity contribution in [2.24, 2.45) is 10.4 Å². The van der Waals surface area contributed by atoms with E-state index >= 15 is 0 Å². The maximum absolute atomic E-state index is 12.6. The van der Waals surface area contributed by atoms with E-state index in [2.05, 4.69) is 17.1 Å². The third-order valence-corrected chi connectivity index (χ3v) is 8.03. The van der Waals surface area contributed by atoms with Gasteiger partial charge in [0.2, 0.25) is 10.0 Å². The smallest absolute Gasteiger partial charge is 0.242 e. The SMILES string of the molecule is CCNC(=NCc1ccccc1S(=O)(=O)N(C)C)N1CCC2(CCCCC2)C1. The molecule has 1 aliphatic heterocycles. The van der Waals surface area contributed by atoms with E-state index in [1.165, 1.54) is 42.8 Å². The molecule has 1 saturated carbocycles. The van der Waals surface area contributed by atoms with Crippen molar-refractivity contribution >= 4 is 16.0 Å². The van der Waals surface area contributed by atoms with Crippen LogP contribution in [0.2, 0.25) is 0 Å². The van der Waals surface area contributed by atoms with Crippen LogP contribution in [0.1, 0.15) is 51.0 Å². The van der Waals surface area contributed by atoms with Crippen molar-refractivity contribution in [3.63, 3.8) is 0 Å². The lowest BCUT2D eigenvalue weighted by Crippen LogP contribution is -2.41. The number of aliphatic imine (C=N–C) groups is 1. The van der Waals surface area contributed by atoms with Crippen LogP contribution in [0.4, 0.5) is 0 Å². The monoisotopic (exact) mass is 406 g/mol. The fraction of sp³-hybridized carbons (Fsp3) is 0.667. The molecule has 3 rings (SSSR count). The Bertz CT molecular complexity index is 798. The van der Waals surface area contributed by atoms with Gasteiger partial charge in [-0.3, -0.25) is 0 Å². The number of nitrogens with zero attached hydrogens (tertiary/aromatic N) is 3. The summed E-state index contributed by atoms with van der Waals surface area (Å²) in [6.45, 7) is 5.33. The average Bonchev–Trinajstić information content (AvgIpc) is 3.08. The summed E-state index contributed by atoms with van der Waals surface area (Å²) in [5, 5.41) is 3.41. The summed E-state index contributed by atoms with van der Waals surface area (Å²) in [6.07, 6.45) is 7.95. The molecule has 0 unspecified atom stereocenters. The van der Waals surface area contributed by atoms with Gasteiger partial charge in [-0.2, -0.15) is 0 Å². The number of rotatable bonds is 5. The zero-order valence-electron chi connectivity index (χ0n) is 17.4. The largest absolute Gasteiger partial charge is 0.357 e. The topological polar surface area (TPSA) is 65.0 Å². The van der Waals surface area contributed by atoms with E-state index in [4.69, 9.17) is 4.99 Å². The Kier molecular flexibility index (Phi) is 6.65. The van der Waals surface area contributed by atoms with Crippen molar-refractivity contribution in [1.82, 2.24) is 14.5 Å². The van der Waals surface area contributed by atoms with Gasteiger partial charge in [-0.15, -0.1) is 0 Å². The molecule has 2 fully saturated rings. The normalized spacial score (nSPS) is 20.1. The van der Waals surface area contributed by atoms with Crippen molar-refractivity contribution in [3.05, 3.63) is 29.8 Å². The number of sulfonamides is 1. The van der Waals surface area contributed by atoms with Gasteiger partial charge < -0.3 is 10.2 Å². The van der Waals surface area contributed by atoms with Crippen LogP contribution >= 0.6 is 0 Å². The van der Waals surface area contributed by atoms with E-state index in [0.717, 1.165) is 31.2 Å². The standard InChI is InChI=1S/C21H34N4O2S/c1-4-22-20(25-15-14-21(17-25)12-8-5-9-13-21)23-16-18-10-6-7-11-19(18)28(26,27)24(2)3/h6-7,10-11H,4-5,8-9,12-17H2,1-3H3,(H,22,23). The Morgan fingerprint density at radius 1 is 1.18 bits per heavy atom. The summed E-state index contributed by atoms with van der Waals surface area (Å²) in [5.41, 5.74) is 1.19. The van der Waals surface area contributed by atoms with E-state index in [-0.39, 0.29) is 0 Å². The lowest BCUT2D eigenvalue weighted by Gasteiger charge is -2.33. The molecule has 1 aliphatic carbocycles. The zero-order valence-corrected chi connectivity index (χ0v) is 18.3. The van der Waals surface area contributed by atoms with Crippen LogP contribution in [0.5, 0.6) is 0 Å². The fourth-order valence-electron chi connectivity index (χ4n) is 4.49. The second kappa shape index (κ2) is 8.82. The van der Waals surface area contributed by atoms with Crippen molar-refractivity contribution < 1.29 is 8.42 Å². The van der Waals surface area contributed by atoms with Gasteiger partial charge in [-0.1, -0.05) is 37.5 Å². The van der Waals surface area contributed by atoms with Gasteiger partial charge in [-0.25, -0.2) is 17.7 Å². The predicted octanol–water partition coefficient (Wildman–Crippen LogP) is 3.06. The highest BCUT2D eigenvalue weighted by Gasteiger charge is 2.39. The third-order valence-electron chi connectivity index (χ3n) is 6.12. The number of guanidine groups is 1. The minimum Gasteiger partial charge on any atom is -0.357 e. The van der Waals surface area contributed by atoms with E-state index in [1.54, 1.807) is 26.2 Å². The zero-order chi connectivity index (χ0) is 20.2. The van der Waals surface area contributed by atoms with Gasteiger partial charge >= 0.3 is 0 Å². The van der Waals surface area contributed by atoms with E-state index in [0.29, 0.717) is 16.9 Å². The highest BCUT2D eigenvalue weighted by molar-refractivity contribution is 7.89. The summed E-state index contributed by atoms with van der Waals surface area (Å²) < 4.78 is 26.5. The van der Waals surface area contributed by atoms with E-state index in [9.17, 15) is 8.42 Å². The first-order valence-corrected chi connectivity index (χ1v) is 11.9. The Morgan fingerprint density at radius 2 is 1.89 bits per heavy atom. The predicted molar refractivity (Wildman–Crippen MR) is 114 cm³/mol. The second-order valence-corrected chi connectivity index (χ2v) is 10.4. The molecule has 0 bridgehead atoms. The quantitative estimate of drug-likeness (QED) is 0.603. The van der Waals surface area contributed by atoms with Gasteiger partial charge in [0.25, 0.3) is 0 Å². The molecule has 1 aromatic carbocycles. The molecular formula is C21H34N4O2S. The summed E-state index contributed by atoms with van der Waals surface area (Å²) in [7, 11) is -0.353. The van der Waals surface area contributed by atoms with Crippen LogP contribution in [-0.4, -0.2) is 57.3 Å². The molecule has 0 amide bonds. The van der Waals surface area contributed by atoms with Crippen LogP contribution in [-0.2, 0) is 16.6 Å². The van der Waals surface area contributed by atoms with Gasteiger partial charge in [0.1, 0.15) is 0 Å². The van der Waals surface area contributed by atoms with Gasteiger partial charge in [-0.05, 0) is 43.2 Å². The van der Waals surface area contributed by atoms with Crippen LogP contribution in [0.3, 0.4) is 0 Å². The average molecular weight is 407 g/mol. The first-order chi connectivity index (χ1) is 13.4. The van der Waals surface area contributed by atoms with Crippen molar-refractivity contribution in [2.75, 3.05) is 33.7 Å². The van der Waals surface area contributed by atoms with Gasteiger partial charge in [0.05, 0.1) is 11.4 Å². The molecule has 1 N–H and O–H groups in total. The minimum absolute atomic E-state index is 0.338. The maximum atomic E-state index is 12.6. The Morgan fingerprint density at radius 3 is 2.57 bits per heavy atom. The molecule has 1 aromatic rings. The lowest BCUT2D eigenvalue weighted by atomic mass is 9.73. The number of nitrogens with one attached hydrogen (secondary N) is 1. The number of hydrogen-bond acceptors (Lipinski definition) is 3. The number of benzene rings is 1. The Labute approximate surface area is 170 Å². The molecule has 28 heavy (non-hydrogen) atoms. The minimum atomic E-state index is -3.48. The van der Waals surface area contributed by atoms with Crippen LogP contribution in [0.15, 0.2) is 34.2 Å². The molecule has 1 saturated heterocycles. The van der Waals surface area contributed by atoms with Crippen LogP contribution < -0.4 is 5.32 Å². The van der Waals surface area contributed by atoms with Crippen molar-refractivity contribution in [3.8, 4) is 0 Å². The maximum Gasteiger partial charge on any atom is 0.242 e. The molecule has 1 spiro atoms. The molecule has 2 aliphatic rings. The molecular weight excluding hydrogens is 372 g/mol. The first-order valence-electron chi connectivity index (χ1n) is 10.4. The Hall–Kier alpha value is -1.60. The third kappa shape index (κ3) is 4.51. The first kappa shape index (κ1) is 21.1.